The molecular weight excluding hydrogens is 348 g/mol. The van der Waals surface area contributed by atoms with E-state index < -0.39 is 11.8 Å². The SMILES string of the molecule is Cc1nnc(-c2ccc(NC(=O)C(=O)NCc3c(C)nn(C)c3C)cc2)o1. The van der Waals surface area contributed by atoms with Crippen molar-refractivity contribution >= 4 is 17.5 Å². The molecule has 9 nitrogen and oxygen atoms in total. The van der Waals surface area contributed by atoms with Crippen LogP contribution in [0.4, 0.5) is 5.69 Å². The summed E-state index contributed by atoms with van der Waals surface area (Å²) in [5, 5.41) is 17.2. The van der Waals surface area contributed by atoms with E-state index in [0.717, 1.165) is 22.5 Å². The molecule has 0 aliphatic heterocycles. The zero-order valence-corrected chi connectivity index (χ0v) is 15.5. The fourth-order valence-electron chi connectivity index (χ4n) is 2.62. The molecule has 0 spiro atoms. The highest BCUT2D eigenvalue weighted by molar-refractivity contribution is 6.39. The molecule has 140 valence electrons. The third-order valence-electron chi connectivity index (χ3n) is 4.21. The van der Waals surface area contributed by atoms with Crippen LogP contribution < -0.4 is 10.6 Å². The highest BCUT2D eigenvalue weighted by Gasteiger charge is 2.16. The average Bonchev–Trinajstić information content (AvgIpc) is 3.17. The molecular formula is C18H20N6O3. The Balaban J connectivity index is 1.58. The van der Waals surface area contributed by atoms with Gasteiger partial charge in [0, 0.05) is 43.0 Å². The number of amides is 2. The lowest BCUT2D eigenvalue weighted by atomic mass is 10.2. The van der Waals surface area contributed by atoms with Crippen LogP contribution in [-0.2, 0) is 23.2 Å². The van der Waals surface area contributed by atoms with Crippen LogP contribution in [0.1, 0.15) is 22.8 Å². The Hall–Kier alpha value is -3.49. The molecule has 0 fully saturated rings. The summed E-state index contributed by atoms with van der Waals surface area (Å²) in [5.41, 5.74) is 3.88. The molecule has 0 saturated carbocycles. The molecule has 3 aromatic rings. The maximum atomic E-state index is 12.1. The molecule has 1 aromatic carbocycles. The van der Waals surface area contributed by atoms with Crippen LogP contribution in [0.25, 0.3) is 11.5 Å². The maximum absolute atomic E-state index is 12.1. The van der Waals surface area contributed by atoms with Crippen molar-refractivity contribution in [2.75, 3.05) is 5.32 Å². The molecule has 9 heteroatoms. The lowest BCUT2D eigenvalue weighted by Crippen LogP contribution is -2.35. The lowest BCUT2D eigenvalue weighted by molar-refractivity contribution is -0.136. The lowest BCUT2D eigenvalue weighted by Gasteiger charge is -2.07. The van der Waals surface area contributed by atoms with Crippen LogP contribution >= 0.6 is 0 Å². The first-order valence-corrected chi connectivity index (χ1v) is 8.34. The van der Waals surface area contributed by atoms with Gasteiger partial charge in [0.15, 0.2) is 0 Å². The van der Waals surface area contributed by atoms with E-state index in [1.807, 2.05) is 20.9 Å². The Morgan fingerprint density at radius 3 is 2.33 bits per heavy atom. The third-order valence-corrected chi connectivity index (χ3v) is 4.21. The second-order valence-electron chi connectivity index (χ2n) is 6.11. The maximum Gasteiger partial charge on any atom is 0.313 e. The van der Waals surface area contributed by atoms with E-state index in [0.29, 0.717) is 17.5 Å². The van der Waals surface area contributed by atoms with Crippen molar-refractivity contribution in [1.29, 1.82) is 0 Å². The number of carbonyl (C=O) groups excluding carboxylic acids is 2. The first kappa shape index (κ1) is 18.3. The van der Waals surface area contributed by atoms with E-state index in [1.54, 1.807) is 35.9 Å². The van der Waals surface area contributed by atoms with Crippen molar-refractivity contribution in [2.45, 2.75) is 27.3 Å². The predicted molar refractivity (Wildman–Crippen MR) is 97.6 cm³/mol. The van der Waals surface area contributed by atoms with Gasteiger partial charge in [-0.15, -0.1) is 10.2 Å². The molecule has 0 saturated heterocycles. The minimum Gasteiger partial charge on any atom is -0.421 e. The summed E-state index contributed by atoms with van der Waals surface area (Å²) in [6.07, 6.45) is 0. The summed E-state index contributed by atoms with van der Waals surface area (Å²) in [5.74, 6) is -0.590. The molecule has 0 atom stereocenters. The van der Waals surface area contributed by atoms with E-state index in [2.05, 4.69) is 25.9 Å². The van der Waals surface area contributed by atoms with Gasteiger partial charge in [-0.2, -0.15) is 5.10 Å². The third kappa shape index (κ3) is 4.02. The highest BCUT2D eigenvalue weighted by atomic mass is 16.4. The second kappa shape index (κ2) is 7.40. The zero-order valence-electron chi connectivity index (χ0n) is 15.5. The predicted octanol–water partition coefficient (Wildman–Crippen LogP) is 1.65. The summed E-state index contributed by atoms with van der Waals surface area (Å²) >= 11 is 0. The smallest absolute Gasteiger partial charge is 0.313 e. The van der Waals surface area contributed by atoms with Crippen LogP contribution in [0.5, 0.6) is 0 Å². The van der Waals surface area contributed by atoms with Crippen molar-refractivity contribution < 1.29 is 14.0 Å². The van der Waals surface area contributed by atoms with Crippen LogP contribution in [0, 0.1) is 20.8 Å². The zero-order chi connectivity index (χ0) is 19.6. The van der Waals surface area contributed by atoms with Crippen LogP contribution in [0.15, 0.2) is 28.7 Å². The summed E-state index contributed by atoms with van der Waals surface area (Å²) in [4.78, 5) is 24.1. The number of nitrogens with one attached hydrogen (secondary N) is 2. The number of aromatic nitrogens is 4. The van der Waals surface area contributed by atoms with Gasteiger partial charge in [0.2, 0.25) is 11.8 Å². The van der Waals surface area contributed by atoms with Crippen LogP contribution in [0.3, 0.4) is 0 Å². The summed E-state index contributed by atoms with van der Waals surface area (Å²) in [7, 11) is 1.83. The highest BCUT2D eigenvalue weighted by Crippen LogP contribution is 2.20. The molecule has 0 aliphatic carbocycles. The largest absolute Gasteiger partial charge is 0.421 e. The number of carbonyl (C=O) groups is 2. The average molecular weight is 368 g/mol. The number of benzene rings is 1. The topological polar surface area (TPSA) is 115 Å². The summed E-state index contributed by atoms with van der Waals surface area (Å²) in [6.45, 7) is 5.72. The number of hydrogen-bond donors (Lipinski definition) is 2. The summed E-state index contributed by atoms with van der Waals surface area (Å²) < 4.78 is 7.08. The first-order chi connectivity index (χ1) is 12.8. The molecule has 2 heterocycles. The molecule has 2 amide bonds. The van der Waals surface area contributed by atoms with Crippen molar-refractivity contribution in [3.8, 4) is 11.5 Å². The van der Waals surface area contributed by atoms with E-state index in [9.17, 15) is 9.59 Å². The quantitative estimate of drug-likeness (QED) is 0.677. The number of anilines is 1. The first-order valence-electron chi connectivity index (χ1n) is 8.34. The van der Waals surface area contributed by atoms with E-state index in [4.69, 9.17) is 4.42 Å². The monoisotopic (exact) mass is 368 g/mol. The van der Waals surface area contributed by atoms with E-state index in [1.165, 1.54) is 0 Å². The van der Waals surface area contributed by atoms with Crippen molar-refractivity contribution in [3.05, 3.63) is 47.1 Å². The Morgan fingerprint density at radius 2 is 1.78 bits per heavy atom. The minimum absolute atomic E-state index is 0.243. The Kier molecular flexibility index (Phi) is 5.02. The minimum atomic E-state index is -0.740. The molecule has 2 N–H and O–H groups in total. The van der Waals surface area contributed by atoms with Crippen molar-refractivity contribution in [2.24, 2.45) is 7.05 Å². The Labute approximate surface area is 155 Å². The normalized spacial score (nSPS) is 10.7. The van der Waals surface area contributed by atoms with Gasteiger partial charge in [-0.3, -0.25) is 14.3 Å². The molecule has 0 radical (unpaired) electrons. The van der Waals surface area contributed by atoms with E-state index >= 15 is 0 Å². The molecule has 27 heavy (non-hydrogen) atoms. The number of hydrogen-bond acceptors (Lipinski definition) is 6. The number of nitrogens with zero attached hydrogens (tertiary/aromatic N) is 4. The van der Waals surface area contributed by atoms with Gasteiger partial charge in [0.1, 0.15) is 0 Å². The molecule has 3 rings (SSSR count). The summed E-state index contributed by atoms with van der Waals surface area (Å²) in [6, 6.07) is 6.77. The van der Waals surface area contributed by atoms with Gasteiger partial charge in [-0.05, 0) is 38.1 Å². The Bertz CT molecular complexity index is 987. The van der Waals surface area contributed by atoms with Crippen molar-refractivity contribution in [3.63, 3.8) is 0 Å². The second-order valence-corrected chi connectivity index (χ2v) is 6.11. The molecule has 0 unspecified atom stereocenters. The van der Waals surface area contributed by atoms with E-state index in [-0.39, 0.29) is 6.54 Å². The van der Waals surface area contributed by atoms with Gasteiger partial charge in [-0.25, -0.2) is 0 Å². The molecule has 0 bridgehead atoms. The fraction of sp³-hybridized carbons (Fsp3) is 0.278. The van der Waals surface area contributed by atoms with Gasteiger partial charge in [0.25, 0.3) is 0 Å². The van der Waals surface area contributed by atoms with Crippen LogP contribution in [0.2, 0.25) is 0 Å². The Morgan fingerprint density at radius 1 is 1.07 bits per heavy atom. The van der Waals surface area contributed by atoms with Gasteiger partial charge < -0.3 is 15.1 Å². The standard InChI is InChI=1S/C18H20N6O3/c1-10-15(11(2)24(4)23-10)9-19-16(25)17(26)20-14-7-5-13(6-8-14)18-22-21-12(3)27-18/h5-8H,9H2,1-4H3,(H,19,25)(H,20,26). The van der Waals surface area contributed by atoms with Gasteiger partial charge in [-0.1, -0.05) is 0 Å². The van der Waals surface area contributed by atoms with Crippen LogP contribution in [-0.4, -0.2) is 31.8 Å². The fourth-order valence-corrected chi connectivity index (χ4v) is 2.62. The number of aryl methyl sites for hydroxylation is 3. The number of rotatable bonds is 4. The molecule has 2 aromatic heterocycles. The molecule has 0 aliphatic rings. The van der Waals surface area contributed by atoms with Gasteiger partial charge >= 0.3 is 11.8 Å². The van der Waals surface area contributed by atoms with Crippen molar-refractivity contribution in [1.82, 2.24) is 25.3 Å². The van der Waals surface area contributed by atoms with Gasteiger partial charge in [0.05, 0.1) is 5.69 Å².